The molecule has 10 nitrogen and oxygen atoms in total. The molecule has 0 radical (unpaired) electrons. The Bertz CT molecular complexity index is 1370. The third-order valence-electron chi connectivity index (χ3n) is 7.18. The highest BCUT2D eigenvalue weighted by atomic mass is 19.1. The summed E-state index contributed by atoms with van der Waals surface area (Å²) in [5.74, 6) is -3.99. The number of aliphatic carboxylic acids is 1. The van der Waals surface area contributed by atoms with Crippen molar-refractivity contribution in [1.82, 2.24) is 19.7 Å². The first kappa shape index (κ1) is 25.7. The number of anilines is 2. The molecule has 2 N–H and O–H groups in total. The molecule has 200 valence electrons. The number of carboxylic acids is 1. The lowest BCUT2D eigenvalue weighted by Crippen LogP contribution is -2.58. The normalized spacial score (nSPS) is 20.2. The Morgan fingerprint density at radius 2 is 1.87 bits per heavy atom. The molecule has 2 amide bonds. The van der Waals surface area contributed by atoms with Gasteiger partial charge in [-0.2, -0.15) is 4.98 Å². The predicted octanol–water partition coefficient (Wildman–Crippen LogP) is 3.58. The molecule has 5 rings (SSSR count). The average Bonchev–Trinajstić information content (AvgIpc) is 3.48. The molecule has 38 heavy (non-hydrogen) atoms. The zero-order chi connectivity index (χ0) is 26.9. The van der Waals surface area contributed by atoms with Crippen molar-refractivity contribution >= 4 is 40.6 Å². The molecular formula is C27H30FN5O5. The maximum absolute atomic E-state index is 16.1. The molecule has 0 aliphatic carbocycles. The van der Waals surface area contributed by atoms with Gasteiger partial charge in [0.15, 0.2) is 11.4 Å². The summed E-state index contributed by atoms with van der Waals surface area (Å²) < 4.78 is 21.9. The van der Waals surface area contributed by atoms with Crippen molar-refractivity contribution in [3.63, 3.8) is 0 Å². The van der Waals surface area contributed by atoms with Gasteiger partial charge >= 0.3 is 12.0 Å². The number of amides is 2. The van der Waals surface area contributed by atoms with Gasteiger partial charge < -0.3 is 19.7 Å². The van der Waals surface area contributed by atoms with Crippen molar-refractivity contribution in [2.24, 2.45) is 0 Å². The maximum atomic E-state index is 16.1. The van der Waals surface area contributed by atoms with Crippen LogP contribution in [0.1, 0.15) is 24.0 Å². The quantitative estimate of drug-likeness (QED) is 0.451. The highest BCUT2D eigenvalue weighted by Gasteiger charge is 2.51. The number of hydrogen-bond acceptors (Lipinski definition) is 7. The number of piperazine rings is 1. The van der Waals surface area contributed by atoms with Crippen LogP contribution in [0.5, 0.6) is 0 Å². The van der Waals surface area contributed by atoms with E-state index in [0.29, 0.717) is 42.2 Å². The first-order valence-corrected chi connectivity index (χ1v) is 12.7. The van der Waals surface area contributed by atoms with Gasteiger partial charge in [-0.05, 0) is 42.7 Å². The number of urea groups is 1. The molecule has 1 aromatic heterocycles. The number of ketones is 1. The second kappa shape index (κ2) is 10.4. The number of likely N-dealkylation sites (tertiary alicyclic amines) is 1. The fourth-order valence-corrected chi connectivity index (χ4v) is 5.06. The minimum atomic E-state index is -2.39. The number of oxazole rings is 1. The Balaban J connectivity index is 1.25. The van der Waals surface area contributed by atoms with Crippen LogP contribution in [0.3, 0.4) is 0 Å². The van der Waals surface area contributed by atoms with Gasteiger partial charge in [0.25, 0.3) is 6.01 Å². The van der Waals surface area contributed by atoms with Gasteiger partial charge in [-0.15, -0.1) is 0 Å². The highest BCUT2D eigenvalue weighted by Crippen LogP contribution is 2.34. The van der Waals surface area contributed by atoms with Crippen molar-refractivity contribution in [3.8, 4) is 0 Å². The third kappa shape index (κ3) is 5.19. The van der Waals surface area contributed by atoms with Crippen molar-refractivity contribution in [2.45, 2.75) is 32.0 Å². The van der Waals surface area contributed by atoms with E-state index in [4.69, 9.17) is 9.52 Å². The molecular weight excluding hydrogens is 493 g/mol. The van der Waals surface area contributed by atoms with E-state index in [-0.39, 0.29) is 39.0 Å². The molecule has 2 fully saturated rings. The monoisotopic (exact) mass is 523 g/mol. The smallest absolute Gasteiger partial charge is 0.322 e. The fourth-order valence-electron chi connectivity index (χ4n) is 5.06. The Labute approximate surface area is 219 Å². The van der Waals surface area contributed by atoms with Gasteiger partial charge in [-0.25, -0.2) is 9.18 Å². The van der Waals surface area contributed by atoms with Crippen LogP contribution in [-0.4, -0.2) is 87.6 Å². The van der Waals surface area contributed by atoms with Crippen LogP contribution in [0.15, 0.2) is 46.9 Å². The second-order valence-electron chi connectivity index (χ2n) is 9.82. The van der Waals surface area contributed by atoms with Gasteiger partial charge in [0.2, 0.25) is 5.79 Å². The summed E-state index contributed by atoms with van der Waals surface area (Å²) in [7, 11) is 0. The Morgan fingerprint density at radius 3 is 2.61 bits per heavy atom. The summed E-state index contributed by atoms with van der Waals surface area (Å²) in [4.78, 5) is 46.0. The van der Waals surface area contributed by atoms with Crippen molar-refractivity contribution < 1.29 is 28.3 Å². The Hall–Kier alpha value is -3.99. The number of nitrogens with one attached hydrogen (secondary N) is 1. The summed E-state index contributed by atoms with van der Waals surface area (Å²) in [5.41, 5.74) is 3.54. The minimum Gasteiger partial charge on any atom is -0.480 e. The number of hydrogen-bond donors (Lipinski definition) is 2. The Kier molecular flexibility index (Phi) is 7.02. The van der Waals surface area contributed by atoms with Crippen LogP contribution in [0.4, 0.5) is 20.9 Å². The number of Topliss-reactive ketones (excluding diaryl/α,β-unsaturated/α-hetero) is 1. The summed E-state index contributed by atoms with van der Waals surface area (Å²) in [6.07, 6.45) is 0.150. The van der Waals surface area contributed by atoms with Crippen molar-refractivity contribution in [2.75, 3.05) is 44.6 Å². The van der Waals surface area contributed by atoms with Crippen LogP contribution >= 0.6 is 0 Å². The van der Waals surface area contributed by atoms with Crippen LogP contribution in [0.2, 0.25) is 0 Å². The number of rotatable bonds is 7. The first-order chi connectivity index (χ1) is 18.2. The lowest BCUT2D eigenvalue weighted by Gasteiger charge is -2.38. The molecule has 2 aliphatic heterocycles. The largest absolute Gasteiger partial charge is 0.480 e. The molecule has 0 spiro atoms. The topological polar surface area (TPSA) is 119 Å². The SMILES string of the molecule is Cc1ccccc1Nc1nc2ccc(CC(=O)C3(F)CCCN3C(=O)N3CCN(CC(=O)O)CC3)cc2o1. The molecule has 1 atom stereocenters. The summed E-state index contributed by atoms with van der Waals surface area (Å²) in [5, 5.41) is 12.1. The lowest BCUT2D eigenvalue weighted by atomic mass is 9.99. The predicted molar refractivity (Wildman–Crippen MR) is 138 cm³/mol. The first-order valence-electron chi connectivity index (χ1n) is 12.7. The zero-order valence-corrected chi connectivity index (χ0v) is 21.2. The highest BCUT2D eigenvalue weighted by molar-refractivity contribution is 5.93. The van der Waals surface area contributed by atoms with Crippen LogP contribution in [0, 0.1) is 6.92 Å². The molecule has 0 saturated carbocycles. The standard InChI is InChI=1S/C27H30FN5O5/c1-18-5-2-3-6-20(18)29-25-30-21-8-7-19(15-22(21)38-25)16-23(34)27(28)9-4-10-33(27)26(37)32-13-11-31(12-14-32)17-24(35)36/h2-3,5-8,15H,4,9-14,16-17H2,1H3,(H,29,30)(H,35,36). The molecule has 0 bridgehead atoms. The summed E-state index contributed by atoms with van der Waals surface area (Å²) in [6.45, 7) is 3.37. The summed E-state index contributed by atoms with van der Waals surface area (Å²) in [6, 6.07) is 12.6. The molecule has 1 unspecified atom stereocenters. The molecule has 3 heterocycles. The van der Waals surface area contributed by atoms with E-state index in [1.807, 2.05) is 31.2 Å². The summed E-state index contributed by atoms with van der Waals surface area (Å²) >= 11 is 0. The number of carbonyl (C=O) groups excluding carboxylic acids is 2. The fraction of sp³-hybridized carbons (Fsp3) is 0.407. The number of para-hydroxylation sites is 1. The van der Waals surface area contributed by atoms with E-state index in [2.05, 4.69) is 10.3 Å². The van der Waals surface area contributed by atoms with E-state index in [9.17, 15) is 14.4 Å². The number of benzene rings is 2. The number of alkyl halides is 1. The average molecular weight is 524 g/mol. The molecule has 2 saturated heterocycles. The second-order valence-corrected chi connectivity index (χ2v) is 9.82. The number of carbonyl (C=O) groups is 3. The number of halogens is 1. The zero-order valence-electron chi connectivity index (χ0n) is 21.2. The van der Waals surface area contributed by atoms with E-state index < -0.39 is 23.6 Å². The van der Waals surface area contributed by atoms with Crippen molar-refractivity contribution in [3.05, 3.63) is 53.6 Å². The minimum absolute atomic E-state index is 0.0500. The molecule has 2 aromatic carbocycles. The van der Waals surface area contributed by atoms with Crippen LogP contribution in [0.25, 0.3) is 11.1 Å². The Morgan fingerprint density at radius 1 is 1.11 bits per heavy atom. The number of aromatic nitrogens is 1. The number of carboxylic acid groups (broad SMARTS) is 1. The third-order valence-corrected chi connectivity index (χ3v) is 7.18. The van der Waals surface area contributed by atoms with Gasteiger partial charge in [0.1, 0.15) is 5.52 Å². The van der Waals surface area contributed by atoms with E-state index in [0.717, 1.165) is 16.2 Å². The van der Waals surface area contributed by atoms with E-state index in [1.54, 1.807) is 23.1 Å². The van der Waals surface area contributed by atoms with E-state index >= 15 is 4.39 Å². The van der Waals surface area contributed by atoms with Crippen LogP contribution < -0.4 is 5.32 Å². The van der Waals surface area contributed by atoms with Gasteiger partial charge in [-0.1, -0.05) is 24.3 Å². The number of nitrogens with zero attached hydrogens (tertiary/aromatic N) is 4. The van der Waals surface area contributed by atoms with Gasteiger partial charge in [0, 0.05) is 51.3 Å². The maximum Gasteiger partial charge on any atom is 0.322 e. The molecule has 2 aliphatic rings. The lowest BCUT2D eigenvalue weighted by molar-refractivity contribution is -0.139. The van der Waals surface area contributed by atoms with Gasteiger partial charge in [-0.3, -0.25) is 19.4 Å². The number of aryl methyl sites for hydroxylation is 1. The van der Waals surface area contributed by atoms with Gasteiger partial charge in [0.05, 0.1) is 6.54 Å². The van der Waals surface area contributed by atoms with E-state index in [1.165, 1.54) is 4.90 Å². The number of fused-ring (bicyclic) bond motifs is 1. The molecule has 11 heteroatoms. The molecule has 3 aromatic rings. The van der Waals surface area contributed by atoms with Crippen molar-refractivity contribution in [1.29, 1.82) is 0 Å². The van der Waals surface area contributed by atoms with Crippen LogP contribution in [-0.2, 0) is 16.0 Å².